The van der Waals surface area contributed by atoms with E-state index in [2.05, 4.69) is 39.2 Å². The zero-order valence-corrected chi connectivity index (χ0v) is 38.6. The van der Waals surface area contributed by atoms with E-state index < -0.39 is 50.3 Å². The quantitative estimate of drug-likeness (QED) is 0.0792. The molecule has 0 unspecified atom stereocenters. The van der Waals surface area contributed by atoms with Crippen LogP contribution in [0.5, 0.6) is 0 Å². The van der Waals surface area contributed by atoms with Gasteiger partial charge in [0, 0.05) is 0 Å². The molecule has 8 aliphatic heterocycles. The first kappa shape index (κ1) is 83.2. The van der Waals surface area contributed by atoms with Gasteiger partial charge in [0.25, 0.3) is 0 Å². The minimum absolute atomic E-state index is 0. The van der Waals surface area contributed by atoms with E-state index in [9.17, 15) is 0 Å². The molecule has 8 fully saturated rings. The van der Waals surface area contributed by atoms with Crippen LogP contribution in [-0.2, 0) is 85.3 Å². The van der Waals surface area contributed by atoms with Crippen molar-refractivity contribution in [3.63, 3.8) is 0 Å². The molecule has 378 valence electrons. The average Bonchev–Trinajstić information content (AvgIpc) is 2.85. The summed E-state index contributed by atoms with van der Waals surface area (Å²) in [4.78, 5) is 19.8. The van der Waals surface area contributed by atoms with Crippen molar-refractivity contribution >= 4 is 0 Å². The molecule has 0 aromatic carbocycles. The average molecular weight is 1110 g/mol. The fourth-order valence-corrected chi connectivity index (χ4v) is 4.47. The summed E-state index contributed by atoms with van der Waals surface area (Å²) in [5, 5.41) is 122. The molecule has 8 rings (SSSR count). The minimum atomic E-state index is -1.17. The zero-order valence-electron chi connectivity index (χ0n) is 33.9. The molecular weight excluding hydrogens is 1040 g/mol. The third-order valence-corrected chi connectivity index (χ3v) is 4.80. The van der Waals surface area contributed by atoms with Crippen LogP contribution in [0.1, 0.15) is 55.4 Å². The van der Waals surface area contributed by atoms with Gasteiger partial charge in [-0.05, 0) is 55.4 Å². The van der Waals surface area contributed by atoms with Crippen molar-refractivity contribution in [2.24, 2.45) is 0 Å². The first-order chi connectivity index (χ1) is 23.7. The molecule has 8 heterocycles. The third-order valence-electron chi connectivity index (χ3n) is 4.80. The second-order valence-corrected chi connectivity index (χ2v) is 12.1. The van der Waals surface area contributed by atoms with Crippen molar-refractivity contribution in [1.82, 2.24) is 39.2 Å². The van der Waals surface area contributed by atoms with Gasteiger partial charge in [-0.1, -0.05) is 0 Å². The van der Waals surface area contributed by atoms with E-state index >= 15 is 0 Å². The summed E-state index contributed by atoms with van der Waals surface area (Å²) >= 11 is 0. The largest absolute Gasteiger partial charge is 1.00 e. The van der Waals surface area contributed by atoms with Gasteiger partial charge in [-0.15, -0.1) is 0 Å². The van der Waals surface area contributed by atoms with Crippen LogP contribution in [0.15, 0.2) is 0 Å². The number of nitrogens with zero attached hydrogens (tertiary/aromatic N) is 8. The Kier molecular flexibility index (Phi) is 73.5. The van der Waals surface area contributed by atoms with Crippen molar-refractivity contribution < 1.29 is 167 Å². The smallest absolute Gasteiger partial charge is 0.693 e. The number of hydrogen-bond acceptors (Lipinski definition) is 24. The molecule has 18 N–H and O–H groups in total. The Morgan fingerprint density at radius 1 is 0.207 bits per heavy atom. The van der Waals surface area contributed by atoms with Crippen molar-refractivity contribution in [1.29, 1.82) is 0 Å². The van der Waals surface area contributed by atoms with Crippen molar-refractivity contribution in [2.75, 3.05) is 80.0 Å². The van der Waals surface area contributed by atoms with Gasteiger partial charge in [0.15, 0.2) is 0 Å². The summed E-state index contributed by atoms with van der Waals surface area (Å²) in [7, 11) is 0. The molecular formula is C28H74Cu5N9O16+4. The molecule has 30 heteroatoms. The molecule has 0 atom stereocenters. The van der Waals surface area contributed by atoms with Crippen LogP contribution >= 0.6 is 0 Å². The van der Waals surface area contributed by atoms with E-state index in [1.807, 2.05) is 0 Å². The van der Waals surface area contributed by atoms with Crippen LogP contribution in [0.2, 0.25) is 0 Å². The van der Waals surface area contributed by atoms with Gasteiger partial charge in [-0.2, -0.15) is 0 Å². The monoisotopic (exact) mass is 1110 g/mol. The zero-order chi connectivity index (χ0) is 41.7. The van der Waals surface area contributed by atoms with Crippen LogP contribution in [0.25, 0.3) is 6.15 Å². The maximum absolute atomic E-state index is 7.61. The van der Waals surface area contributed by atoms with E-state index in [4.69, 9.17) is 81.7 Å². The summed E-state index contributed by atoms with van der Waals surface area (Å²) in [5.41, 5.74) is 0. The number of hydrogen-bond donors (Lipinski definition) is 16. The fourth-order valence-electron chi connectivity index (χ4n) is 4.47. The molecule has 8 bridgehead atoms. The first-order valence-electron chi connectivity index (χ1n) is 16.3. The topological polar surface area (TPSA) is 383 Å². The standard InChI is InChI=1S/2C6H12N4.8C2H6O2.5Cu.H2N/c2*1-7-2-9-4-8(1)5-10(3-7)6-9;8*1-2(3)4;;;;;;/h2*1-6H2;8*2-4H,1H3;;;;;;1H2/q;;;;;;;;;;5*+1;-1. The molecule has 0 aromatic rings. The molecule has 0 amide bonds. The number of aliphatic hydroxyl groups excluding tert-OH is 8. The van der Waals surface area contributed by atoms with Crippen molar-refractivity contribution in [3.8, 4) is 0 Å². The summed E-state index contributed by atoms with van der Waals surface area (Å²) in [6, 6.07) is 0. The van der Waals surface area contributed by atoms with Gasteiger partial charge in [-0.25, -0.2) is 0 Å². The molecule has 0 spiro atoms. The van der Waals surface area contributed by atoms with Crippen LogP contribution < -0.4 is 0 Å². The van der Waals surface area contributed by atoms with Crippen LogP contribution in [0, 0.1) is 0 Å². The molecule has 0 aliphatic carbocycles. The molecule has 0 aromatic heterocycles. The van der Waals surface area contributed by atoms with Crippen LogP contribution in [0.4, 0.5) is 0 Å². The Morgan fingerprint density at radius 3 is 0.276 bits per heavy atom. The summed E-state index contributed by atoms with van der Waals surface area (Å²) in [6.45, 7) is 24.5. The second kappa shape index (κ2) is 51.2. The van der Waals surface area contributed by atoms with Gasteiger partial charge in [0.2, 0.25) is 0 Å². The molecule has 58 heavy (non-hydrogen) atoms. The first-order valence-corrected chi connectivity index (χ1v) is 16.3. The normalized spacial score (nSPS) is 24.8. The maximum Gasteiger partial charge on any atom is 1.00 e. The van der Waals surface area contributed by atoms with Crippen molar-refractivity contribution in [3.05, 3.63) is 6.15 Å². The fraction of sp³-hybridized carbons (Fsp3) is 1.00. The van der Waals surface area contributed by atoms with Gasteiger partial charge in [0.05, 0.1) is 80.0 Å². The van der Waals surface area contributed by atoms with Gasteiger partial charge < -0.3 is 87.9 Å². The SMILES string of the molecule is C1N2CN3CN1CN(C2)C3.C1N2CN3CN1CN(C2)C3.CC(O)O.CC(O)O.CC(O)O.CC(O)O.CC(O)O.CC(O)O.CC(O)O.CC(O)O.[Cu+].[Cu+].[Cu+].[Cu+].[Cu+].[NH2-]. The second-order valence-electron chi connectivity index (χ2n) is 12.1. The van der Waals surface area contributed by atoms with Crippen LogP contribution in [0.3, 0.4) is 0 Å². The summed E-state index contributed by atoms with van der Waals surface area (Å²) in [5.74, 6) is 0. The molecule has 25 nitrogen and oxygen atoms in total. The molecule has 8 aliphatic rings. The van der Waals surface area contributed by atoms with Gasteiger partial charge in [0.1, 0.15) is 50.3 Å². The van der Waals surface area contributed by atoms with E-state index in [0.29, 0.717) is 0 Å². The summed E-state index contributed by atoms with van der Waals surface area (Å²) in [6.07, 6.45) is -9.33. The van der Waals surface area contributed by atoms with E-state index in [1.54, 1.807) is 0 Å². The predicted molar refractivity (Wildman–Crippen MR) is 190 cm³/mol. The Balaban J connectivity index is -0.0000000567. The molecule has 0 radical (unpaired) electrons. The van der Waals surface area contributed by atoms with Crippen molar-refractivity contribution in [2.45, 2.75) is 106 Å². The number of nitrogens with two attached hydrogens (primary N) is 1. The minimum Gasteiger partial charge on any atom is -0.693 e. The van der Waals surface area contributed by atoms with Gasteiger partial charge in [-0.3, -0.25) is 39.2 Å². The van der Waals surface area contributed by atoms with Crippen LogP contribution in [-0.4, -0.2) is 251 Å². The Morgan fingerprint density at radius 2 is 0.241 bits per heavy atom. The van der Waals surface area contributed by atoms with E-state index in [1.165, 1.54) is 135 Å². The Bertz CT molecular complexity index is 547. The predicted octanol–water partition coefficient (Wildman–Crippen LogP) is -6.80. The Hall–Kier alpha value is 1.60. The number of rotatable bonds is 0. The molecule has 8 saturated heterocycles. The van der Waals surface area contributed by atoms with Gasteiger partial charge >= 0.3 is 85.3 Å². The van der Waals surface area contributed by atoms with E-state index in [0.717, 1.165) is 0 Å². The Labute approximate surface area is 396 Å². The maximum atomic E-state index is 7.61. The number of aliphatic hydroxyl groups is 16. The van der Waals surface area contributed by atoms with E-state index in [-0.39, 0.29) is 91.5 Å². The third kappa shape index (κ3) is 75.0. The molecule has 0 saturated carbocycles. The summed E-state index contributed by atoms with van der Waals surface area (Å²) < 4.78 is 0.